The molecule has 2 aromatic rings. The van der Waals surface area contributed by atoms with Crippen molar-refractivity contribution >= 4 is 63.5 Å². The number of nitrogens with zero attached hydrogens (tertiary/aromatic N) is 5. The van der Waals surface area contributed by atoms with Crippen LogP contribution in [0.2, 0.25) is 0 Å². The number of thiazole rings is 1. The zero-order valence-electron chi connectivity index (χ0n) is 18.9. The third-order valence-electron chi connectivity index (χ3n) is 5.06. The summed E-state index contributed by atoms with van der Waals surface area (Å²) in [5, 5.41) is 18.2. The molecule has 0 saturated carbocycles. The summed E-state index contributed by atoms with van der Waals surface area (Å²) in [6.45, 7) is -3.32. The van der Waals surface area contributed by atoms with Crippen molar-refractivity contribution < 1.29 is 33.1 Å². The Balaban J connectivity index is 1.52. The number of alkyl halides is 2. The number of aromatic amines is 1. The molecular formula is C18H16F2N8O7S3. The number of nitrogens with two attached hydrogens (primary N) is 1. The quantitative estimate of drug-likeness (QED) is 0.0908. The number of oxime groups is 1. The van der Waals surface area contributed by atoms with Gasteiger partial charge in [0, 0.05) is 23.9 Å². The Kier molecular flexibility index (Phi) is 7.83. The van der Waals surface area contributed by atoms with E-state index in [4.69, 9.17) is 5.73 Å². The third-order valence-corrected chi connectivity index (χ3v) is 8.19. The van der Waals surface area contributed by atoms with E-state index >= 15 is 0 Å². The molecule has 1 fully saturated rings. The van der Waals surface area contributed by atoms with Crippen molar-refractivity contribution in [1.29, 1.82) is 0 Å². The molecule has 2 atom stereocenters. The molecule has 0 aromatic carbocycles. The summed E-state index contributed by atoms with van der Waals surface area (Å²) in [6.07, 6.45) is 0. The molecule has 0 bridgehead atoms. The van der Waals surface area contributed by atoms with Gasteiger partial charge in [-0.25, -0.2) is 9.78 Å². The molecule has 15 nitrogen and oxygen atoms in total. The van der Waals surface area contributed by atoms with Crippen LogP contribution in [0.15, 0.2) is 36.6 Å². The fourth-order valence-corrected chi connectivity index (χ4v) is 6.39. The minimum atomic E-state index is -3.32. The van der Waals surface area contributed by atoms with Crippen LogP contribution in [0.4, 0.5) is 13.9 Å². The van der Waals surface area contributed by atoms with Gasteiger partial charge in [-0.2, -0.15) is 13.8 Å². The molecule has 0 aliphatic carbocycles. The van der Waals surface area contributed by atoms with Crippen molar-refractivity contribution in [1.82, 2.24) is 30.0 Å². The first-order valence-electron chi connectivity index (χ1n) is 10.2. The fraction of sp³-hybridized carbons (Fsp3) is 0.333. The number of fused-ring (bicyclic) bond motifs is 1. The Bertz CT molecular complexity index is 1490. The van der Waals surface area contributed by atoms with Crippen LogP contribution in [-0.2, 0) is 26.3 Å². The molecule has 4 rings (SSSR count). The molecule has 0 spiro atoms. The van der Waals surface area contributed by atoms with E-state index in [2.05, 4.69) is 30.4 Å². The summed E-state index contributed by atoms with van der Waals surface area (Å²) < 4.78 is 26.3. The van der Waals surface area contributed by atoms with E-state index in [1.807, 2.05) is 0 Å². The number of nitrogen functional groups attached to an aromatic ring is 1. The standard InChI is InChI=1S/C18H16F2N8O7S3/c1-27-18(24-11(30)12(31)25-27)38-3-5-2-36-14-8(13(32)28(14)9(5)15(33)34)23-10(29)7(26-35-16(19)20)6-4-37-17(21)22-6/h4,8,14,16H,2-3H2,1H3,(H2,21,22)(H,23,29)(H,25,31)(H,33,34)/b26-7+/t8?,14-/m1/s1. The molecular weight excluding hydrogens is 574 g/mol. The fourth-order valence-electron chi connectivity index (χ4n) is 3.44. The van der Waals surface area contributed by atoms with E-state index in [9.17, 15) is 37.9 Å². The van der Waals surface area contributed by atoms with Gasteiger partial charge in [-0.15, -0.1) is 23.1 Å². The average Bonchev–Trinajstić information content (AvgIpc) is 3.28. The van der Waals surface area contributed by atoms with Gasteiger partial charge < -0.3 is 21.0 Å². The third kappa shape index (κ3) is 5.41. The summed E-state index contributed by atoms with van der Waals surface area (Å²) in [5.74, 6) is -3.02. The Hall–Kier alpha value is -3.78. The predicted molar refractivity (Wildman–Crippen MR) is 131 cm³/mol. The lowest BCUT2D eigenvalue weighted by atomic mass is 10.0. The monoisotopic (exact) mass is 590 g/mol. The molecule has 2 aromatic heterocycles. The molecule has 1 unspecified atom stereocenters. The highest BCUT2D eigenvalue weighted by atomic mass is 32.2. The maximum absolute atomic E-state index is 12.9. The number of hydrogen-bond donors (Lipinski definition) is 4. The van der Waals surface area contributed by atoms with Crippen LogP contribution in [0, 0.1) is 0 Å². The molecule has 2 aliphatic rings. The van der Waals surface area contributed by atoms with Gasteiger partial charge in [-0.05, 0) is 5.57 Å². The Morgan fingerprint density at radius 1 is 1.39 bits per heavy atom. The van der Waals surface area contributed by atoms with E-state index in [0.717, 1.165) is 39.8 Å². The number of anilines is 1. The van der Waals surface area contributed by atoms with Gasteiger partial charge >= 0.3 is 23.7 Å². The number of β-lactam (4-membered cyclic amide) rings is 1. The molecule has 0 radical (unpaired) electrons. The van der Waals surface area contributed by atoms with Gasteiger partial charge in [0.25, 0.3) is 11.8 Å². The maximum Gasteiger partial charge on any atom is 0.407 e. The summed E-state index contributed by atoms with van der Waals surface area (Å²) in [7, 11) is 1.45. The van der Waals surface area contributed by atoms with Crippen LogP contribution < -0.4 is 22.2 Å². The van der Waals surface area contributed by atoms with E-state index in [-0.39, 0.29) is 33.2 Å². The average molecular weight is 591 g/mol. The molecule has 2 aliphatic heterocycles. The van der Waals surface area contributed by atoms with Crippen LogP contribution in [0.3, 0.4) is 0 Å². The van der Waals surface area contributed by atoms with E-state index in [1.165, 1.54) is 17.1 Å². The zero-order valence-corrected chi connectivity index (χ0v) is 21.4. The van der Waals surface area contributed by atoms with Crippen molar-refractivity contribution in [2.75, 3.05) is 17.2 Å². The molecule has 5 N–H and O–H groups in total. The minimum absolute atomic E-state index is 0.0293. The number of rotatable bonds is 9. The summed E-state index contributed by atoms with van der Waals surface area (Å²) in [5.41, 5.74) is 2.86. The van der Waals surface area contributed by atoms with Crippen molar-refractivity contribution in [2.45, 2.75) is 23.2 Å². The predicted octanol–water partition coefficient (Wildman–Crippen LogP) is -1.02. The molecule has 2 amide bonds. The number of carboxylic acid groups (broad SMARTS) is 1. The van der Waals surface area contributed by atoms with Crippen molar-refractivity contribution in [3.63, 3.8) is 0 Å². The Morgan fingerprint density at radius 3 is 2.76 bits per heavy atom. The van der Waals surface area contributed by atoms with Gasteiger partial charge in [0.05, 0.1) is 0 Å². The van der Waals surface area contributed by atoms with Crippen LogP contribution in [0.1, 0.15) is 5.69 Å². The highest BCUT2D eigenvalue weighted by Gasteiger charge is 2.54. The number of carbonyl (C=O) groups excluding carboxylic acids is 2. The summed E-state index contributed by atoms with van der Waals surface area (Å²) in [4.78, 5) is 73.0. The molecule has 20 heteroatoms. The van der Waals surface area contributed by atoms with Crippen molar-refractivity contribution in [2.24, 2.45) is 12.2 Å². The summed E-state index contributed by atoms with van der Waals surface area (Å²) in [6, 6.07) is -1.19. The van der Waals surface area contributed by atoms with Crippen LogP contribution in [0.25, 0.3) is 0 Å². The van der Waals surface area contributed by atoms with E-state index < -0.39 is 52.6 Å². The largest absolute Gasteiger partial charge is 0.477 e. The topological polar surface area (TPSA) is 215 Å². The number of halogens is 2. The smallest absolute Gasteiger partial charge is 0.407 e. The highest BCUT2D eigenvalue weighted by molar-refractivity contribution is 8.01. The van der Waals surface area contributed by atoms with Crippen LogP contribution in [0.5, 0.6) is 0 Å². The van der Waals surface area contributed by atoms with E-state index in [0.29, 0.717) is 5.57 Å². The number of H-pyrrole nitrogens is 1. The van der Waals surface area contributed by atoms with Crippen LogP contribution >= 0.6 is 34.9 Å². The number of hydrogen-bond acceptors (Lipinski definition) is 13. The molecule has 202 valence electrons. The van der Waals surface area contributed by atoms with Gasteiger partial charge in [0.15, 0.2) is 16.0 Å². The first-order chi connectivity index (χ1) is 18.0. The van der Waals surface area contributed by atoms with Crippen LogP contribution in [-0.4, -0.2) is 82.8 Å². The molecule has 38 heavy (non-hydrogen) atoms. The number of aromatic nitrogens is 4. The Labute approximate surface area is 222 Å². The van der Waals surface area contributed by atoms with Crippen molar-refractivity contribution in [3.8, 4) is 0 Å². The number of aryl methyl sites for hydroxylation is 1. The first kappa shape index (κ1) is 27.3. The second-order valence-corrected chi connectivity index (χ2v) is 10.4. The summed E-state index contributed by atoms with van der Waals surface area (Å²) >= 11 is 3.06. The lowest BCUT2D eigenvalue weighted by Crippen LogP contribution is -2.71. The maximum atomic E-state index is 12.9. The SMILES string of the molecule is Cn1[nH]c(=O)c(=O)nc1SCC1=C(C(=O)O)N2C(=O)C(NC(=O)/C(=N/OC(F)F)c3csc(N)n3)[C@H]2SC1. The second-order valence-electron chi connectivity index (χ2n) is 7.48. The van der Waals surface area contributed by atoms with Gasteiger partial charge in [0.2, 0.25) is 0 Å². The van der Waals surface area contributed by atoms with Crippen molar-refractivity contribution in [3.05, 3.63) is 43.1 Å². The lowest BCUT2D eigenvalue weighted by Gasteiger charge is -2.49. The number of carbonyl (C=O) groups is 3. The van der Waals surface area contributed by atoms with Gasteiger partial charge in [-0.3, -0.25) is 33.9 Å². The number of carboxylic acids is 1. The normalized spacial score (nSPS) is 19.3. The van der Waals surface area contributed by atoms with E-state index in [1.54, 1.807) is 0 Å². The number of amides is 2. The van der Waals surface area contributed by atoms with Gasteiger partial charge in [0.1, 0.15) is 22.8 Å². The highest BCUT2D eigenvalue weighted by Crippen LogP contribution is 2.41. The first-order valence-corrected chi connectivity index (χ1v) is 13.1. The minimum Gasteiger partial charge on any atom is -0.477 e. The molecule has 1 saturated heterocycles. The number of aliphatic carboxylic acids is 1. The molecule has 4 heterocycles. The number of nitrogens with one attached hydrogen (secondary N) is 2. The lowest BCUT2D eigenvalue weighted by molar-refractivity contribution is -0.150. The zero-order chi connectivity index (χ0) is 27.7. The Morgan fingerprint density at radius 2 is 2.13 bits per heavy atom. The van der Waals surface area contributed by atoms with Gasteiger partial charge in [-0.1, -0.05) is 16.9 Å². The second kappa shape index (κ2) is 10.9. The number of thioether (sulfide) groups is 2.